The van der Waals surface area contributed by atoms with E-state index in [-0.39, 0.29) is 25.7 Å². The summed E-state index contributed by atoms with van der Waals surface area (Å²) in [5.74, 6) is -0.612. The molecule has 83 heavy (non-hydrogen) atoms. The molecule has 0 spiro atoms. The van der Waals surface area contributed by atoms with Crippen LogP contribution < -0.4 is 0 Å². The van der Waals surface area contributed by atoms with Gasteiger partial charge in [0.05, 0.1) is 26.4 Å². The number of carbonyl (C=O) groups is 4. The van der Waals surface area contributed by atoms with Gasteiger partial charge in [-0.2, -0.15) is 0 Å². The van der Waals surface area contributed by atoms with Crippen molar-refractivity contribution in [2.45, 2.75) is 336 Å². The Kier molecular flexibility index (Phi) is 55.2. The molecule has 3 N–H and O–H groups in total. The summed E-state index contributed by atoms with van der Waals surface area (Å²) in [5, 5.41) is 10.5. The highest BCUT2D eigenvalue weighted by molar-refractivity contribution is 7.47. The van der Waals surface area contributed by atoms with Crippen LogP contribution in [0.4, 0.5) is 0 Å². The van der Waals surface area contributed by atoms with E-state index in [0.29, 0.717) is 25.7 Å². The predicted molar refractivity (Wildman–Crippen MR) is 331 cm³/mol. The van der Waals surface area contributed by atoms with Crippen LogP contribution in [0.25, 0.3) is 0 Å². The Hall–Kier alpha value is -1.94. The Labute approximate surface area is 505 Å². The summed E-state index contributed by atoms with van der Waals surface area (Å²) >= 11 is 0. The molecule has 0 aromatic carbocycles. The van der Waals surface area contributed by atoms with Crippen LogP contribution >= 0.6 is 15.6 Å². The van der Waals surface area contributed by atoms with Gasteiger partial charge in [-0.05, 0) is 37.5 Å². The third kappa shape index (κ3) is 58.8. The lowest BCUT2D eigenvalue weighted by Gasteiger charge is -2.21. The fraction of sp³-hybridized carbons (Fsp3) is 0.938. The zero-order valence-corrected chi connectivity index (χ0v) is 55.3. The highest BCUT2D eigenvalue weighted by atomic mass is 31.2. The van der Waals surface area contributed by atoms with Gasteiger partial charge in [-0.3, -0.25) is 37.3 Å². The Bertz CT molecular complexity index is 1630. The first-order valence-electron chi connectivity index (χ1n) is 33.5. The largest absolute Gasteiger partial charge is 0.472 e. The molecule has 0 amide bonds. The summed E-state index contributed by atoms with van der Waals surface area (Å²) in [4.78, 5) is 71.8. The highest BCUT2D eigenvalue weighted by Crippen LogP contribution is 2.45. The molecule has 0 aromatic heterocycles. The van der Waals surface area contributed by atoms with Gasteiger partial charge in [-0.25, -0.2) is 9.13 Å². The summed E-state index contributed by atoms with van der Waals surface area (Å²) in [5.41, 5.74) is 0. The molecule has 0 fully saturated rings. The van der Waals surface area contributed by atoms with Crippen LogP contribution in [0.5, 0.6) is 0 Å². The van der Waals surface area contributed by atoms with Gasteiger partial charge in [0.2, 0.25) is 0 Å². The van der Waals surface area contributed by atoms with Crippen LogP contribution in [0.1, 0.15) is 318 Å². The van der Waals surface area contributed by atoms with Crippen LogP contribution in [0.3, 0.4) is 0 Å². The summed E-state index contributed by atoms with van der Waals surface area (Å²) in [7, 11) is -9.87. The van der Waals surface area contributed by atoms with Gasteiger partial charge in [0.1, 0.15) is 19.3 Å². The lowest BCUT2D eigenvalue weighted by Crippen LogP contribution is -2.30. The van der Waals surface area contributed by atoms with E-state index in [1.54, 1.807) is 0 Å². The number of rotatable bonds is 63. The molecule has 0 rings (SSSR count). The Morgan fingerprint density at radius 1 is 0.325 bits per heavy atom. The van der Waals surface area contributed by atoms with Crippen LogP contribution in [0.15, 0.2) is 0 Å². The molecule has 19 heteroatoms. The van der Waals surface area contributed by atoms with E-state index >= 15 is 0 Å². The van der Waals surface area contributed by atoms with Gasteiger partial charge in [0, 0.05) is 25.7 Å². The minimum absolute atomic E-state index is 0.104. The van der Waals surface area contributed by atoms with Gasteiger partial charge in [-0.1, -0.05) is 266 Å². The summed E-state index contributed by atoms with van der Waals surface area (Å²) in [6, 6.07) is 0. The number of phosphoric ester groups is 2. The van der Waals surface area contributed by atoms with Gasteiger partial charge in [0.15, 0.2) is 12.2 Å². The number of esters is 4. The molecule has 0 saturated carbocycles. The van der Waals surface area contributed by atoms with E-state index in [1.807, 2.05) is 0 Å². The Morgan fingerprint density at radius 3 is 0.819 bits per heavy atom. The van der Waals surface area contributed by atoms with E-state index in [4.69, 9.17) is 37.0 Å². The number of aliphatic hydroxyl groups is 1. The fourth-order valence-electron chi connectivity index (χ4n) is 9.53. The van der Waals surface area contributed by atoms with Crippen LogP contribution in [0, 0.1) is 11.8 Å². The second-order valence-electron chi connectivity index (χ2n) is 24.1. The number of phosphoric acid groups is 2. The molecular formula is C64H124O17P2. The number of unbranched alkanes of at least 4 members (excludes halogenated alkanes) is 33. The summed E-state index contributed by atoms with van der Waals surface area (Å²) < 4.78 is 67.7. The number of hydrogen-bond donors (Lipinski definition) is 3. The summed E-state index contributed by atoms with van der Waals surface area (Å²) in [6.07, 6.45) is 39.5. The number of aliphatic hydroxyl groups excluding tert-OH is 1. The van der Waals surface area contributed by atoms with E-state index in [0.717, 1.165) is 115 Å². The van der Waals surface area contributed by atoms with Crippen molar-refractivity contribution in [2.24, 2.45) is 11.8 Å². The molecule has 0 heterocycles. The minimum Gasteiger partial charge on any atom is -0.462 e. The third-order valence-electron chi connectivity index (χ3n) is 14.7. The SMILES string of the molecule is CCCCCCCCCCC(=O)O[C@H](COC(=O)CCCCCCC)COP(=O)(O)OC[C@H](O)COP(=O)(O)OC[C@@H](COC(=O)CCCCCCCCCCC(C)C)OC(=O)CCCCCCCCCCCCCCCCCCC(C)C. The molecule has 0 aliphatic carbocycles. The van der Waals surface area contributed by atoms with Gasteiger partial charge in [0.25, 0.3) is 0 Å². The van der Waals surface area contributed by atoms with Crippen molar-refractivity contribution >= 4 is 39.5 Å². The van der Waals surface area contributed by atoms with Crippen LogP contribution in [0.2, 0.25) is 0 Å². The van der Waals surface area contributed by atoms with Crippen molar-refractivity contribution in [1.82, 2.24) is 0 Å². The zero-order valence-electron chi connectivity index (χ0n) is 53.5. The highest BCUT2D eigenvalue weighted by Gasteiger charge is 2.30. The Balaban J connectivity index is 5.11. The average Bonchev–Trinajstić information content (AvgIpc) is 3.44. The molecule has 17 nitrogen and oxygen atoms in total. The van der Waals surface area contributed by atoms with E-state index in [1.165, 1.54) is 122 Å². The quantitative estimate of drug-likeness (QED) is 0.0222. The maximum absolute atomic E-state index is 13.0. The number of ether oxygens (including phenoxy) is 4. The Morgan fingerprint density at radius 2 is 0.554 bits per heavy atom. The maximum atomic E-state index is 13.0. The normalized spacial score (nSPS) is 14.3. The van der Waals surface area contributed by atoms with Crippen molar-refractivity contribution in [3.63, 3.8) is 0 Å². The fourth-order valence-corrected chi connectivity index (χ4v) is 11.1. The van der Waals surface area contributed by atoms with Crippen LogP contribution in [-0.4, -0.2) is 96.7 Å². The van der Waals surface area contributed by atoms with Gasteiger partial charge >= 0.3 is 39.5 Å². The molecule has 0 aliphatic rings. The van der Waals surface area contributed by atoms with Crippen molar-refractivity contribution < 1.29 is 80.2 Å². The molecule has 0 bridgehead atoms. The predicted octanol–water partition coefficient (Wildman–Crippen LogP) is 17.7. The molecule has 0 aromatic rings. The second kappa shape index (κ2) is 56.6. The van der Waals surface area contributed by atoms with Gasteiger partial charge < -0.3 is 33.8 Å². The van der Waals surface area contributed by atoms with Gasteiger partial charge in [-0.15, -0.1) is 0 Å². The molecule has 0 saturated heterocycles. The van der Waals surface area contributed by atoms with E-state index in [9.17, 15) is 43.2 Å². The standard InChI is InChI=1S/C64H124O17P2/c1-7-9-11-13-14-29-36-42-48-63(68)80-59(52-74-61(66)46-40-32-12-10-8-2)54-78-82(70,71)76-50-58(65)51-77-83(72,73)79-55-60(53-75-62(67)47-41-35-30-26-25-28-34-39-45-57(5)6)81-64(69)49-43-37-31-24-22-20-18-16-15-17-19-21-23-27-33-38-44-56(3)4/h56-60,65H,7-55H2,1-6H3,(H,70,71)(H,72,73)/t58-,59+,60+/m0/s1. The molecule has 2 unspecified atom stereocenters. The summed E-state index contributed by atoms with van der Waals surface area (Å²) in [6.45, 7) is 9.37. The average molecular weight is 1230 g/mol. The van der Waals surface area contributed by atoms with Crippen molar-refractivity contribution in [3.8, 4) is 0 Å². The smallest absolute Gasteiger partial charge is 0.462 e. The lowest BCUT2D eigenvalue weighted by atomic mass is 10.0. The first-order valence-corrected chi connectivity index (χ1v) is 36.5. The first-order chi connectivity index (χ1) is 39.9. The second-order valence-corrected chi connectivity index (χ2v) is 27.0. The third-order valence-corrected chi connectivity index (χ3v) is 16.6. The van der Waals surface area contributed by atoms with E-state index in [2.05, 4.69) is 41.5 Å². The molecule has 0 radical (unpaired) electrons. The van der Waals surface area contributed by atoms with E-state index < -0.39 is 97.5 Å². The topological polar surface area (TPSA) is 237 Å². The monoisotopic (exact) mass is 1230 g/mol. The number of hydrogen-bond acceptors (Lipinski definition) is 15. The minimum atomic E-state index is -4.94. The molecular weight excluding hydrogens is 1100 g/mol. The van der Waals surface area contributed by atoms with Crippen molar-refractivity contribution in [2.75, 3.05) is 39.6 Å². The molecule has 492 valence electrons. The van der Waals surface area contributed by atoms with Crippen molar-refractivity contribution in [3.05, 3.63) is 0 Å². The first kappa shape index (κ1) is 81.1. The molecule has 0 aliphatic heterocycles. The molecule has 5 atom stereocenters. The number of carbonyl (C=O) groups excluding carboxylic acids is 4. The lowest BCUT2D eigenvalue weighted by molar-refractivity contribution is -0.161. The van der Waals surface area contributed by atoms with Crippen molar-refractivity contribution in [1.29, 1.82) is 0 Å². The zero-order chi connectivity index (χ0) is 61.5. The maximum Gasteiger partial charge on any atom is 0.472 e. The van der Waals surface area contributed by atoms with Crippen LogP contribution in [-0.2, 0) is 65.4 Å².